The van der Waals surface area contributed by atoms with Crippen molar-refractivity contribution < 1.29 is 28.7 Å². The molecule has 4 atom stereocenters. The van der Waals surface area contributed by atoms with Crippen LogP contribution in [0.15, 0.2) is 85.2 Å². The molecule has 2 aromatic heterocycles. The highest BCUT2D eigenvalue weighted by Gasteiger charge is 2.36. The molecular weight excluding hydrogens is 688 g/mol. The van der Waals surface area contributed by atoms with Gasteiger partial charge in [-0.25, -0.2) is 19.6 Å². The third-order valence-corrected chi connectivity index (χ3v) is 9.71. The second kappa shape index (κ2) is 16.2. The van der Waals surface area contributed by atoms with Crippen LogP contribution >= 0.6 is 0 Å². The highest BCUT2D eigenvalue weighted by atomic mass is 16.5. The number of ether oxygens (including phenoxy) is 2. The molecule has 6 rings (SSSR count). The zero-order valence-electron chi connectivity index (χ0n) is 31.2. The molecule has 4 amide bonds. The van der Waals surface area contributed by atoms with E-state index in [1.54, 1.807) is 9.80 Å². The van der Waals surface area contributed by atoms with E-state index in [9.17, 15) is 19.2 Å². The zero-order valence-corrected chi connectivity index (χ0v) is 31.2. The molecule has 2 aromatic carbocycles. The summed E-state index contributed by atoms with van der Waals surface area (Å²) in [5, 5.41) is 5.32. The Morgan fingerprint density at radius 1 is 0.630 bits per heavy atom. The topological polar surface area (TPSA) is 175 Å². The fourth-order valence-corrected chi connectivity index (χ4v) is 6.67. The molecule has 0 spiro atoms. The average Bonchev–Trinajstić information content (AvgIpc) is 4.02. The van der Waals surface area contributed by atoms with Gasteiger partial charge in [0, 0.05) is 36.6 Å². The Kier molecular flexibility index (Phi) is 11.3. The maximum atomic E-state index is 13.5. The number of hydrogen-bond acceptors (Lipinski definition) is 8. The zero-order chi connectivity index (χ0) is 38.5. The van der Waals surface area contributed by atoms with Gasteiger partial charge in [-0.1, -0.05) is 101 Å². The molecule has 4 heterocycles. The van der Waals surface area contributed by atoms with Gasteiger partial charge in [0.15, 0.2) is 0 Å². The molecule has 2 aliphatic rings. The number of carbonyl (C=O) groups is 4. The molecule has 0 radical (unpaired) electrons. The predicted molar refractivity (Wildman–Crippen MR) is 203 cm³/mol. The summed E-state index contributed by atoms with van der Waals surface area (Å²) in [4.78, 5) is 70.3. The first kappa shape index (κ1) is 37.6. The Labute approximate surface area is 314 Å². The van der Waals surface area contributed by atoms with E-state index in [1.807, 2.05) is 113 Å². The Morgan fingerprint density at radius 2 is 0.981 bits per heavy atom. The maximum absolute atomic E-state index is 13.5. The molecule has 14 heteroatoms. The van der Waals surface area contributed by atoms with E-state index in [2.05, 4.69) is 20.6 Å². The molecule has 4 aromatic rings. The Morgan fingerprint density at radius 3 is 1.31 bits per heavy atom. The van der Waals surface area contributed by atoms with Crippen molar-refractivity contribution in [3.8, 4) is 33.6 Å². The first-order valence-corrected chi connectivity index (χ1v) is 17.9. The minimum atomic E-state index is -0.730. The van der Waals surface area contributed by atoms with Crippen LogP contribution in [0.5, 0.6) is 0 Å². The standard InChI is InChI=1S/C40H46N8O6/c1-23(2)33(45-39(51)53-5)37(49)47-19-7-9-31(47)35-41-21-29(43-35)27-15-11-25(12-16-27)26-13-17-28(18-14-26)30-22-42-36(44-30)32-10-8-20-48(32)38(50)34(24(3)4)46-40(52)54-6/h7-18,21-24,31-34H,19-20H2,1-6H3,(H,41,43)(H,42,44)(H,45,51)(H,46,52)/t31-,32?,33-,34-/m0/s1. The number of carbonyl (C=O) groups excluding carboxylic acids is 4. The van der Waals surface area contributed by atoms with Crippen LogP contribution in [0.1, 0.15) is 51.4 Å². The molecule has 0 saturated carbocycles. The van der Waals surface area contributed by atoms with Gasteiger partial charge in [-0.15, -0.1) is 0 Å². The van der Waals surface area contributed by atoms with Crippen molar-refractivity contribution in [1.82, 2.24) is 40.4 Å². The van der Waals surface area contributed by atoms with Crippen LogP contribution in [0.3, 0.4) is 0 Å². The molecule has 14 nitrogen and oxygen atoms in total. The molecule has 54 heavy (non-hydrogen) atoms. The van der Waals surface area contributed by atoms with Crippen molar-refractivity contribution in [2.45, 2.75) is 51.9 Å². The van der Waals surface area contributed by atoms with E-state index >= 15 is 0 Å². The van der Waals surface area contributed by atoms with Crippen molar-refractivity contribution in [2.75, 3.05) is 27.3 Å². The summed E-state index contributed by atoms with van der Waals surface area (Å²) in [6, 6.07) is 14.0. The molecule has 282 valence electrons. The van der Waals surface area contributed by atoms with Gasteiger partial charge in [-0.2, -0.15) is 0 Å². The summed E-state index contributed by atoms with van der Waals surface area (Å²) in [5.41, 5.74) is 5.40. The van der Waals surface area contributed by atoms with Gasteiger partial charge in [0.05, 0.1) is 25.6 Å². The first-order chi connectivity index (χ1) is 26.0. The number of nitrogens with one attached hydrogen (secondary N) is 4. The summed E-state index contributed by atoms with van der Waals surface area (Å²) in [6.07, 6.45) is 10.1. The molecule has 0 bridgehead atoms. The number of hydrogen-bond donors (Lipinski definition) is 4. The van der Waals surface area contributed by atoms with E-state index in [4.69, 9.17) is 19.4 Å². The van der Waals surface area contributed by atoms with Crippen molar-refractivity contribution in [1.29, 1.82) is 0 Å². The van der Waals surface area contributed by atoms with E-state index < -0.39 is 24.3 Å². The summed E-state index contributed by atoms with van der Waals surface area (Å²) in [7, 11) is 2.55. The van der Waals surface area contributed by atoms with Gasteiger partial charge >= 0.3 is 12.2 Å². The number of amides is 4. The van der Waals surface area contributed by atoms with Crippen LogP contribution in [0, 0.1) is 11.8 Å². The van der Waals surface area contributed by atoms with Gasteiger partial charge in [0.2, 0.25) is 11.8 Å². The lowest BCUT2D eigenvalue weighted by atomic mass is 10.0. The first-order valence-electron chi connectivity index (χ1n) is 17.9. The highest BCUT2D eigenvalue weighted by Crippen LogP contribution is 2.32. The Balaban J connectivity index is 1.11. The fraction of sp³-hybridized carbons (Fsp3) is 0.350. The minimum absolute atomic E-state index is 0.134. The molecule has 1 unspecified atom stereocenters. The molecule has 4 N–H and O–H groups in total. The molecule has 0 aliphatic carbocycles. The number of rotatable bonds is 11. The third-order valence-electron chi connectivity index (χ3n) is 9.71. The quantitative estimate of drug-likeness (QED) is 0.141. The molecular formula is C40H46N8O6. The van der Waals surface area contributed by atoms with Gasteiger partial charge in [-0.3, -0.25) is 9.59 Å². The van der Waals surface area contributed by atoms with Gasteiger partial charge < -0.3 is 39.9 Å². The summed E-state index contributed by atoms with van der Waals surface area (Å²) < 4.78 is 9.47. The number of benzene rings is 2. The molecule has 0 saturated heterocycles. The fourth-order valence-electron chi connectivity index (χ4n) is 6.67. The third kappa shape index (κ3) is 7.92. The van der Waals surface area contributed by atoms with Crippen molar-refractivity contribution in [2.24, 2.45) is 11.8 Å². The number of nitrogens with zero attached hydrogens (tertiary/aromatic N) is 4. The van der Waals surface area contributed by atoms with Gasteiger partial charge in [0.1, 0.15) is 35.8 Å². The lowest BCUT2D eigenvalue weighted by Gasteiger charge is -2.29. The van der Waals surface area contributed by atoms with E-state index in [-0.39, 0.29) is 35.7 Å². The summed E-state index contributed by atoms with van der Waals surface area (Å²) >= 11 is 0. The minimum Gasteiger partial charge on any atom is -0.453 e. The van der Waals surface area contributed by atoms with Gasteiger partial charge in [-0.05, 0) is 23.0 Å². The largest absolute Gasteiger partial charge is 0.453 e. The number of alkyl carbamates (subject to hydrolysis) is 2. The normalized spacial score (nSPS) is 17.6. The lowest BCUT2D eigenvalue weighted by Crippen LogP contribution is -2.51. The van der Waals surface area contributed by atoms with Crippen molar-refractivity contribution in [3.05, 3.63) is 96.9 Å². The summed E-state index contributed by atoms with van der Waals surface area (Å²) in [6.45, 7) is 8.33. The predicted octanol–water partition coefficient (Wildman–Crippen LogP) is 5.77. The van der Waals surface area contributed by atoms with Crippen LogP contribution in [0.4, 0.5) is 9.59 Å². The second-order valence-corrected chi connectivity index (χ2v) is 13.9. The molecule has 0 fully saturated rings. The maximum Gasteiger partial charge on any atom is 0.407 e. The number of aromatic nitrogens is 4. The van der Waals surface area contributed by atoms with E-state index in [0.29, 0.717) is 24.7 Å². The van der Waals surface area contributed by atoms with Crippen LogP contribution in [0.25, 0.3) is 33.6 Å². The SMILES string of the molecule is COC(=O)N[C@H](C(=O)N1CC=CC1c1nc(-c2ccc(-c3ccc(-c4c[nH]c([C@@H]5C=CCN5C(=O)[C@@H](NC(=O)OC)C(C)C)n4)cc3)cc2)c[nH]1)C(C)C. The van der Waals surface area contributed by atoms with Crippen LogP contribution in [0.2, 0.25) is 0 Å². The highest BCUT2D eigenvalue weighted by molar-refractivity contribution is 5.87. The van der Waals surface area contributed by atoms with Crippen molar-refractivity contribution in [3.63, 3.8) is 0 Å². The Hall–Kier alpha value is -6.18. The van der Waals surface area contributed by atoms with Crippen LogP contribution in [-0.4, -0.2) is 93.1 Å². The van der Waals surface area contributed by atoms with E-state index in [1.165, 1.54) is 14.2 Å². The number of methoxy groups -OCH3 is 2. The second-order valence-electron chi connectivity index (χ2n) is 13.9. The van der Waals surface area contributed by atoms with Crippen molar-refractivity contribution >= 4 is 24.0 Å². The monoisotopic (exact) mass is 734 g/mol. The van der Waals surface area contributed by atoms with Crippen LogP contribution < -0.4 is 10.6 Å². The average molecular weight is 735 g/mol. The summed E-state index contributed by atoms with van der Waals surface area (Å²) in [5.74, 6) is 0.583. The number of H-pyrrole nitrogens is 2. The smallest absolute Gasteiger partial charge is 0.407 e. The van der Waals surface area contributed by atoms with Gasteiger partial charge in [0.25, 0.3) is 0 Å². The molecule has 2 aliphatic heterocycles. The van der Waals surface area contributed by atoms with E-state index in [0.717, 1.165) is 33.6 Å². The number of imidazole rings is 2. The lowest BCUT2D eigenvalue weighted by molar-refractivity contribution is -0.135. The Bertz CT molecular complexity index is 1880. The number of aromatic amines is 2. The van der Waals surface area contributed by atoms with Crippen LogP contribution in [-0.2, 0) is 19.1 Å².